The highest BCUT2D eigenvalue weighted by Gasteiger charge is 2.22. The van der Waals surface area contributed by atoms with Crippen LogP contribution in [-0.4, -0.2) is 75.8 Å². The van der Waals surface area contributed by atoms with Crippen molar-refractivity contribution < 1.29 is 46.8 Å². The third-order valence-corrected chi connectivity index (χ3v) is 9.03. The van der Waals surface area contributed by atoms with Gasteiger partial charge in [-0.15, -0.1) is 0 Å². The number of hydrogen-bond donors (Lipinski definition) is 0. The van der Waals surface area contributed by atoms with Crippen LogP contribution in [0.25, 0.3) is 0 Å². The SMILES string of the molecule is CC/C=C\C/C=C\C/C=C\C/C=C\CCCCC(=O)OC[C@H](COP(=O)([O-])OCC[N+](C)(C)C)OC(=O)CCCC(=O)/C=C/C=C\C/C=C\C/C=C\CCCCC. The maximum Gasteiger partial charge on any atom is 0.306 e. The lowest BCUT2D eigenvalue weighted by molar-refractivity contribution is -0.870. The van der Waals surface area contributed by atoms with Crippen molar-refractivity contribution in [2.24, 2.45) is 0 Å². The molecule has 0 fully saturated rings. The molecule has 0 aliphatic heterocycles. The maximum absolute atomic E-state index is 12.6. The van der Waals surface area contributed by atoms with Gasteiger partial charge >= 0.3 is 11.9 Å². The Morgan fingerprint density at radius 1 is 0.614 bits per heavy atom. The van der Waals surface area contributed by atoms with Gasteiger partial charge in [0, 0.05) is 19.3 Å². The van der Waals surface area contributed by atoms with Gasteiger partial charge in [0.05, 0.1) is 27.7 Å². The van der Waals surface area contributed by atoms with Gasteiger partial charge in [-0.1, -0.05) is 118 Å². The van der Waals surface area contributed by atoms with Gasteiger partial charge in [0.1, 0.15) is 19.8 Å². The molecule has 2 atom stereocenters. The van der Waals surface area contributed by atoms with E-state index in [4.69, 9.17) is 18.5 Å². The number of phosphoric acid groups is 1. The summed E-state index contributed by atoms with van der Waals surface area (Å²) in [5, 5.41) is 0. The highest BCUT2D eigenvalue weighted by Crippen LogP contribution is 2.38. The summed E-state index contributed by atoms with van der Waals surface area (Å²) in [6.45, 7) is 3.71. The summed E-state index contributed by atoms with van der Waals surface area (Å²) in [5.74, 6) is -1.28. The maximum atomic E-state index is 12.6. The van der Waals surface area contributed by atoms with Gasteiger partial charge in [0.2, 0.25) is 0 Å². The number of quaternary nitrogens is 1. The van der Waals surface area contributed by atoms with Crippen molar-refractivity contribution >= 4 is 25.5 Å². The minimum atomic E-state index is -4.71. The van der Waals surface area contributed by atoms with Gasteiger partial charge in [0.15, 0.2) is 11.9 Å². The summed E-state index contributed by atoms with van der Waals surface area (Å²) in [6.07, 6.45) is 44.5. The molecule has 0 N–H and O–H groups in total. The number of hydrogen-bond acceptors (Lipinski definition) is 9. The first-order chi connectivity index (χ1) is 27.4. The van der Waals surface area contributed by atoms with Gasteiger partial charge < -0.3 is 27.9 Å². The Hall–Kier alpha value is -3.40. The number of likely N-dealkylation sites (N-methyl/N-ethyl adjacent to an activating group) is 1. The standard InChI is InChI=1S/C46H74NO9P/c1-6-8-10-12-14-16-18-20-21-23-25-27-29-31-33-37-45(49)53-41-44(42-55-57(51,52)54-40-39-47(3,4)5)56-46(50)38-34-36-43(48)35-32-30-28-26-24-22-19-17-15-13-11-9-7-2/h8,10,14-17,20-22,24-25,27-28,30,32,35,44H,6-7,9,11-13,18-19,23,26,29,31,33-34,36-42H2,1-5H3/b10-8-,16-14-,17-15-,21-20-,24-22-,27-25-,30-28-,35-32+/t44-/m1/s1. The second-order valence-corrected chi connectivity index (χ2v) is 16.1. The molecule has 0 aromatic carbocycles. The zero-order valence-electron chi connectivity index (χ0n) is 35.7. The molecule has 0 amide bonds. The number of ether oxygens (including phenoxy) is 2. The third-order valence-electron chi connectivity index (χ3n) is 8.06. The number of rotatable bonds is 36. The quantitative estimate of drug-likeness (QED) is 0.0115. The molecule has 0 heterocycles. The first-order valence-corrected chi connectivity index (χ1v) is 22.4. The fourth-order valence-corrected chi connectivity index (χ4v) is 5.50. The van der Waals surface area contributed by atoms with Gasteiger partial charge in [0.25, 0.3) is 7.82 Å². The lowest BCUT2D eigenvalue weighted by Crippen LogP contribution is -2.37. The Labute approximate surface area is 345 Å². The van der Waals surface area contributed by atoms with E-state index in [-0.39, 0.29) is 44.7 Å². The van der Waals surface area contributed by atoms with E-state index in [1.54, 1.807) is 6.08 Å². The van der Waals surface area contributed by atoms with Crippen molar-refractivity contribution in [2.45, 2.75) is 129 Å². The zero-order chi connectivity index (χ0) is 42.3. The van der Waals surface area contributed by atoms with Crippen LogP contribution in [0.5, 0.6) is 0 Å². The van der Waals surface area contributed by atoms with Crippen LogP contribution < -0.4 is 4.89 Å². The van der Waals surface area contributed by atoms with E-state index in [0.717, 1.165) is 57.8 Å². The lowest BCUT2D eigenvalue weighted by atomic mass is 10.1. The van der Waals surface area contributed by atoms with E-state index in [2.05, 4.69) is 86.8 Å². The molecule has 0 aromatic rings. The van der Waals surface area contributed by atoms with Crippen LogP contribution in [0.1, 0.15) is 123 Å². The number of esters is 2. The second kappa shape index (κ2) is 36.9. The minimum absolute atomic E-state index is 0.0793. The number of allylic oxidation sites excluding steroid dienone is 16. The second-order valence-electron chi connectivity index (χ2n) is 14.6. The van der Waals surface area contributed by atoms with Gasteiger partial charge in [-0.25, -0.2) is 0 Å². The smallest absolute Gasteiger partial charge is 0.306 e. The molecule has 11 heteroatoms. The van der Waals surface area contributed by atoms with Gasteiger partial charge in [-0.3, -0.25) is 18.9 Å². The summed E-state index contributed by atoms with van der Waals surface area (Å²) in [5.41, 5.74) is 0. The largest absolute Gasteiger partial charge is 0.756 e. The van der Waals surface area contributed by atoms with E-state index in [1.807, 2.05) is 33.3 Å². The molecule has 0 bridgehead atoms. The molecule has 322 valence electrons. The van der Waals surface area contributed by atoms with E-state index in [9.17, 15) is 23.8 Å². The van der Waals surface area contributed by atoms with Crippen LogP contribution in [0, 0.1) is 0 Å². The fraction of sp³-hybridized carbons (Fsp3) is 0.587. The van der Waals surface area contributed by atoms with Crippen molar-refractivity contribution in [3.63, 3.8) is 0 Å². The highest BCUT2D eigenvalue weighted by molar-refractivity contribution is 7.45. The number of phosphoric ester groups is 1. The van der Waals surface area contributed by atoms with Crippen molar-refractivity contribution in [3.8, 4) is 0 Å². The summed E-state index contributed by atoms with van der Waals surface area (Å²) < 4.78 is 33.5. The van der Waals surface area contributed by atoms with Gasteiger partial charge in [-0.05, 0) is 83.1 Å². The number of unbranched alkanes of at least 4 members (excludes halogenated alkanes) is 5. The summed E-state index contributed by atoms with van der Waals surface area (Å²) in [6, 6.07) is 0. The van der Waals surface area contributed by atoms with Crippen LogP contribution in [0.2, 0.25) is 0 Å². The molecular weight excluding hydrogens is 741 g/mol. The molecule has 0 radical (unpaired) electrons. The van der Waals surface area contributed by atoms with Crippen LogP contribution in [0.3, 0.4) is 0 Å². The molecule has 0 saturated carbocycles. The normalized spacial score (nSPS) is 14.5. The predicted octanol–water partition coefficient (Wildman–Crippen LogP) is 10.3. The highest BCUT2D eigenvalue weighted by atomic mass is 31.2. The van der Waals surface area contributed by atoms with Crippen molar-refractivity contribution in [1.82, 2.24) is 0 Å². The van der Waals surface area contributed by atoms with Crippen molar-refractivity contribution in [1.29, 1.82) is 0 Å². The molecule has 0 aliphatic carbocycles. The molecular formula is C46H74NO9P. The average Bonchev–Trinajstić information content (AvgIpc) is 3.15. The minimum Gasteiger partial charge on any atom is -0.756 e. The molecule has 0 aromatic heterocycles. The number of nitrogens with zero attached hydrogens (tertiary/aromatic N) is 1. The first kappa shape index (κ1) is 53.6. The van der Waals surface area contributed by atoms with E-state index < -0.39 is 32.5 Å². The van der Waals surface area contributed by atoms with Crippen LogP contribution in [0.4, 0.5) is 0 Å². The van der Waals surface area contributed by atoms with E-state index >= 15 is 0 Å². The zero-order valence-corrected chi connectivity index (χ0v) is 36.6. The van der Waals surface area contributed by atoms with Crippen molar-refractivity contribution in [3.05, 3.63) is 97.2 Å². The Morgan fingerprint density at radius 2 is 1.16 bits per heavy atom. The Balaban J connectivity index is 4.69. The lowest BCUT2D eigenvalue weighted by Gasteiger charge is -2.28. The first-order valence-electron chi connectivity index (χ1n) is 20.9. The monoisotopic (exact) mass is 816 g/mol. The van der Waals surface area contributed by atoms with Crippen LogP contribution >= 0.6 is 7.82 Å². The topological polar surface area (TPSA) is 128 Å². The molecule has 0 saturated heterocycles. The predicted molar refractivity (Wildman–Crippen MR) is 231 cm³/mol. The number of ketones is 1. The third kappa shape index (κ3) is 40.6. The molecule has 57 heavy (non-hydrogen) atoms. The summed E-state index contributed by atoms with van der Waals surface area (Å²) in [7, 11) is 0.977. The molecule has 0 rings (SSSR count). The van der Waals surface area contributed by atoms with Crippen LogP contribution in [0.15, 0.2) is 97.2 Å². The molecule has 0 spiro atoms. The van der Waals surface area contributed by atoms with E-state index in [0.29, 0.717) is 17.4 Å². The Kier molecular flexibility index (Phi) is 34.7. The van der Waals surface area contributed by atoms with Crippen molar-refractivity contribution in [2.75, 3.05) is 47.5 Å². The summed E-state index contributed by atoms with van der Waals surface area (Å²) in [4.78, 5) is 49.7. The molecule has 1 unspecified atom stereocenters. The number of carbonyl (C=O) groups is 3. The Bertz CT molecular complexity index is 1350. The summed E-state index contributed by atoms with van der Waals surface area (Å²) >= 11 is 0. The molecule has 10 nitrogen and oxygen atoms in total. The average molecular weight is 816 g/mol. The van der Waals surface area contributed by atoms with Gasteiger partial charge in [-0.2, -0.15) is 0 Å². The molecule has 0 aliphatic rings. The van der Waals surface area contributed by atoms with E-state index in [1.165, 1.54) is 25.3 Å². The Morgan fingerprint density at radius 3 is 1.74 bits per heavy atom. The number of carbonyl (C=O) groups excluding carboxylic acids is 3. The van der Waals surface area contributed by atoms with Crippen LogP contribution in [-0.2, 0) is 37.5 Å². The fourth-order valence-electron chi connectivity index (χ4n) is 4.77.